The van der Waals surface area contributed by atoms with Crippen LogP contribution in [-0.2, 0) is 11.2 Å². The van der Waals surface area contributed by atoms with Crippen LogP contribution in [0.4, 0.5) is 0 Å². The molecule has 1 aromatic carbocycles. The van der Waals surface area contributed by atoms with Crippen LogP contribution in [0.15, 0.2) is 43.5 Å². The first-order valence-corrected chi connectivity index (χ1v) is 7.87. The van der Waals surface area contributed by atoms with Crippen molar-refractivity contribution in [2.24, 2.45) is 0 Å². The highest BCUT2D eigenvalue weighted by Crippen LogP contribution is 2.23. The molecule has 0 unspecified atom stereocenters. The lowest BCUT2D eigenvalue weighted by atomic mass is 10.0. The third-order valence-electron chi connectivity index (χ3n) is 3.24. The summed E-state index contributed by atoms with van der Waals surface area (Å²) in [6, 6.07) is 5.55. The SMILES string of the molecule is C=CCCOC(=O)c1ccc(CCCC)c(OCCC=C)c1. The maximum Gasteiger partial charge on any atom is 0.338 e. The summed E-state index contributed by atoms with van der Waals surface area (Å²) in [4.78, 5) is 12.0. The van der Waals surface area contributed by atoms with Crippen molar-refractivity contribution in [3.8, 4) is 5.75 Å². The summed E-state index contributed by atoms with van der Waals surface area (Å²) in [5.74, 6) is 0.450. The Morgan fingerprint density at radius 3 is 2.59 bits per heavy atom. The van der Waals surface area contributed by atoms with E-state index in [-0.39, 0.29) is 5.97 Å². The first kappa shape index (κ1) is 18.0. The van der Waals surface area contributed by atoms with E-state index in [9.17, 15) is 4.79 Å². The summed E-state index contributed by atoms with van der Waals surface area (Å²) in [7, 11) is 0. The molecule has 0 heterocycles. The topological polar surface area (TPSA) is 35.5 Å². The number of esters is 1. The van der Waals surface area contributed by atoms with E-state index in [0.717, 1.165) is 37.0 Å². The molecule has 1 rings (SSSR count). The Labute approximate surface area is 133 Å². The first-order chi connectivity index (χ1) is 10.7. The molecule has 0 spiro atoms. The molecule has 0 aliphatic heterocycles. The minimum atomic E-state index is -0.322. The minimum absolute atomic E-state index is 0.322. The van der Waals surface area contributed by atoms with Crippen LogP contribution in [0.25, 0.3) is 0 Å². The molecule has 120 valence electrons. The Morgan fingerprint density at radius 2 is 1.91 bits per heavy atom. The van der Waals surface area contributed by atoms with Gasteiger partial charge in [0.25, 0.3) is 0 Å². The second-order valence-electron chi connectivity index (χ2n) is 5.07. The van der Waals surface area contributed by atoms with E-state index < -0.39 is 0 Å². The second kappa shape index (κ2) is 10.7. The average molecular weight is 302 g/mol. The maximum absolute atomic E-state index is 12.0. The van der Waals surface area contributed by atoms with Crippen molar-refractivity contribution in [2.75, 3.05) is 13.2 Å². The molecule has 0 amide bonds. The zero-order valence-corrected chi connectivity index (χ0v) is 13.5. The van der Waals surface area contributed by atoms with Gasteiger partial charge in [-0.25, -0.2) is 4.79 Å². The molecule has 0 saturated carbocycles. The molecule has 0 atom stereocenters. The van der Waals surface area contributed by atoms with Crippen molar-refractivity contribution in [3.63, 3.8) is 0 Å². The second-order valence-corrected chi connectivity index (χ2v) is 5.07. The fraction of sp³-hybridized carbons (Fsp3) is 0.421. The van der Waals surface area contributed by atoms with Crippen molar-refractivity contribution in [1.82, 2.24) is 0 Å². The van der Waals surface area contributed by atoms with E-state index in [0.29, 0.717) is 25.2 Å². The highest BCUT2D eigenvalue weighted by atomic mass is 16.5. The number of hydrogen-bond acceptors (Lipinski definition) is 3. The molecule has 0 saturated heterocycles. The van der Waals surface area contributed by atoms with E-state index in [4.69, 9.17) is 9.47 Å². The van der Waals surface area contributed by atoms with Crippen LogP contribution in [-0.4, -0.2) is 19.2 Å². The highest BCUT2D eigenvalue weighted by molar-refractivity contribution is 5.90. The number of unbranched alkanes of at least 4 members (excludes halogenated alkanes) is 1. The standard InChI is InChI=1S/C19H26O3/c1-4-7-10-16-11-12-17(19(20)22-14-9-6-3)15-18(16)21-13-8-5-2/h5-6,11-12,15H,2-4,7-10,13-14H2,1H3. The number of ether oxygens (including phenoxy) is 2. The Hall–Kier alpha value is -2.03. The molecule has 1 aromatic rings. The molecule has 0 fully saturated rings. The van der Waals surface area contributed by atoms with Gasteiger partial charge >= 0.3 is 5.97 Å². The zero-order chi connectivity index (χ0) is 16.2. The molecular weight excluding hydrogens is 276 g/mol. The van der Waals surface area contributed by atoms with Crippen molar-refractivity contribution in [1.29, 1.82) is 0 Å². The van der Waals surface area contributed by atoms with Crippen LogP contribution in [0.3, 0.4) is 0 Å². The van der Waals surface area contributed by atoms with Gasteiger partial charge in [-0.15, -0.1) is 13.2 Å². The lowest BCUT2D eigenvalue weighted by Crippen LogP contribution is -2.08. The van der Waals surface area contributed by atoms with Crippen LogP contribution in [0, 0.1) is 0 Å². The van der Waals surface area contributed by atoms with Crippen LogP contribution >= 0.6 is 0 Å². The van der Waals surface area contributed by atoms with Gasteiger partial charge in [-0.2, -0.15) is 0 Å². The summed E-state index contributed by atoms with van der Waals surface area (Å²) in [5, 5.41) is 0. The molecule has 0 bridgehead atoms. The molecule has 3 heteroatoms. The van der Waals surface area contributed by atoms with Gasteiger partial charge in [-0.3, -0.25) is 0 Å². The number of carbonyl (C=O) groups is 1. The molecular formula is C19H26O3. The van der Waals surface area contributed by atoms with Gasteiger partial charge in [0.2, 0.25) is 0 Å². The van der Waals surface area contributed by atoms with Gasteiger partial charge in [0, 0.05) is 0 Å². The predicted molar refractivity (Wildman–Crippen MR) is 90.5 cm³/mol. The van der Waals surface area contributed by atoms with Crippen LogP contribution < -0.4 is 4.74 Å². The number of rotatable bonds is 11. The third-order valence-corrected chi connectivity index (χ3v) is 3.24. The highest BCUT2D eigenvalue weighted by Gasteiger charge is 2.11. The van der Waals surface area contributed by atoms with Crippen LogP contribution in [0.2, 0.25) is 0 Å². The molecule has 3 nitrogen and oxygen atoms in total. The molecule has 0 aromatic heterocycles. The van der Waals surface area contributed by atoms with Gasteiger partial charge < -0.3 is 9.47 Å². The van der Waals surface area contributed by atoms with Crippen LogP contribution in [0.1, 0.15) is 48.5 Å². The number of carbonyl (C=O) groups excluding carboxylic acids is 1. The summed E-state index contributed by atoms with van der Waals surface area (Å²) >= 11 is 0. The van der Waals surface area contributed by atoms with Crippen molar-refractivity contribution in [2.45, 2.75) is 39.0 Å². The third kappa shape index (κ3) is 6.17. The maximum atomic E-state index is 12.0. The smallest absolute Gasteiger partial charge is 0.338 e. The largest absolute Gasteiger partial charge is 0.493 e. The minimum Gasteiger partial charge on any atom is -0.493 e. The van der Waals surface area contributed by atoms with Crippen molar-refractivity contribution in [3.05, 3.63) is 54.6 Å². The quantitative estimate of drug-likeness (QED) is 0.337. The monoisotopic (exact) mass is 302 g/mol. The van der Waals surface area contributed by atoms with E-state index in [1.165, 1.54) is 0 Å². The lowest BCUT2D eigenvalue weighted by Gasteiger charge is -2.12. The summed E-state index contributed by atoms with van der Waals surface area (Å²) in [6.45, 7) is 10.4. The van der Waals surface area contributed by atoms with E-state index >= 15 is 0 Å². The number of aryl methyl sites for hydroxylation is 1. The van der Waals surface area contributed by atoms with Gasteiger partial charge in [0.05, 0.1) is 18.8 Å². The number of benzene rings is 1. The van der Waals surface area contributed by atoms with Crippen LogP contribution in [0.5, 0.6) is 5.75 Å². The van der Waals surface area contributed by atoms with Gasteiger partial charge in [-0.05, 0) is 43.4 Å². The number of hydrogen-bond donors (Lipinski definition) is 0. The van der Waals surface area contributed by atoms with Gasteiger partial charge in [-0.1, -0.05) is 31.6 Å². The van der Waals surface area contributed by atoms with E-state index in [2.05, 4.69) is 20.1 Å². The lowest BCUT2D eigenvalue weighted by molar-refractivity contribution is 0.0511. The normalized spacial score (nSPS) is 10.0. The summed E-state index contributed by atoms with van der Waals surface area (Å²) < 4.78 is 11.0. The van der Waals surface area contributed by atoms with Gasteiger partial charge in [0.1, 0.15) is 5.75 Å². The van der Waals surface area contributed by atoms with Crippen molar-refractivity contribution < 1.29 is 14.3 Å². The average Bonchev–Trinajstić information content (AvgIpc) is 2.54. The Morgan fingerprint density at radius 1 is 1.18 bits per heavy atom. The zero-order valence-electron chi connectivity index (χ0n) is 13.5. The van der Waals surface area contributed by atoms with E-state index in [1.54, 1.807) is 12.1 Å². The fourth-order valence-electron chi connectivity index (χ4n) is 1.96. The molecule has 0 aliphatic rings. The van der Waals surface area contributed by atoms with E-state index in [1.807, 2.05) is 18.2 Å². The predicted octanol–water partition coefficient (Wildman–Crippen LogP) is 4.72. The molecule has 0 N–H and O–H groups in total. The van der Waals surface area contributed by atoms with Crippen molar-refractivity contribution >= 4 is 5.97 Å². The molecule has 0 radical (unpaired) electrons. The Balaban J connectivity index is 2.81. The first-order valence-electron chi connectivity index (χ1n) is 7.87. The molecule has 22 heavy (non-hydrogen) atoms. The molecule has 0 aliphatic carbocycles. The fourth-order valence-corrected chi connectivity index (χ4v) is 1.96. The Bertz CT molecular complexity index is 491. The Kier molecular flexibility index (Phi) is 8.73. The van der Waals surface area contributed by atoms with Gasteiger partial charge in [0.15, 0.2) is 0 Å². The summed E-state index contributed by atoms with van der Waals surface area (Å²) in [6.07, 6.45) is 8.15. The summed E-state index contributed by atoms with van der Waals surface area (Å²) in [5.41, 5.74) is 1.66.